The first kappa shape index (κ1) is 10.6. The van der Waals surface area contributed by atoms with Crippen LogP contribution in [0.4, 0.5) is 4.79 Å². The highest BCUT2D eigenvalue weighted by Gasteiger charge is 1.65. The smallest absolute Gasteiger partial charge is 0.402 e. The van der Waals surface area contributed by atoms with Crippen LogP contribution in [0.2, 0.25) is 0 Å². The van der Waals surface area contributed by atoms with E-state index >= 15 is 0 Å². The Morgan fingerprint density at radius 2 is 1.75 bits per heavy atom. The minimum absolute atomic E-state index is 1.33. The molecule has 7 heteroatoms. The van der Waals surface area contributed by atoms with Crippen molar-refractivity contribution in [3.05, 3.63) is 0 Å². The molecule has 50 valence electrons. The molecule has 0 bridgehead atoms. The van der Waals surface area contributed by atoms with Gasteiger partial charge in [-0.15, -0.1) is 0 Å². The molecular formula is CH4NO4S2-. The molecule has 0 radical (unpaired) electrons. The summed E-state index contributed by atoms with van der Waals surface area (Å²) < 4.78 is 16.3. The lowest BCUT2D eigenvalue weighted by atomic mass is 11.3. The second-order valence-electron chi connectivity index (χ2n) is 0.555. The lowest BCUT2D eigenvalue weighted by Crippen LogP contribution is -2.03. The van der Waals surface area contributed by atoms with Crippen molar-refractivity contribution in [2.45, 2.75) is 0 Å². The van der Waals surface area contributed by atoms with Crippen molar-refractivity contribution in [1.29, 1.82) is 0 Å². The van der Waals surface area contributed by atoms with Gasteiger partial charge in [-0.3, -0.25) is 0 Å². The van der Waals surface area contributed by atoms with E-state index in [1.807, 2.05) is 0 Å². The molecule has 0 heterocycles. The van der Waals surface area contributed by atoms with Crippen LogP contribution >= 0.6 is 0 Å². The van der Waals surface area contributed by atoms with Crippen molar-refractivity contribution >= 4 is 26.9 Å². The van der Waals surface area contributed by atoms with Crippen molar-refractivity contribution < 1.29 is 18.7 Å². The summed E-state index contributed by atoms with van der Waals surface area (Å²) in [5.41, 5.74) is 4.03. The lowest BCUT2D eigenvalue weighted by molar-refractivity contribution is 0.205. The fraction of sp³-hybridized carbons (Fsp3) is 0. The molecule has 0 aromatic carbocycles. The number of carbonyl (C=O) groups is 1. The van der Waals surface area contributed by atoms with Gasteiger partial charge < -0.3 is 19.6 Å². The number of rotatable bonds is 0. The van der Waals surface area contributed by atoms with Crippen molar-refractivity contribution in [2.24, 2.45) is 5.73 Å². The molecular weight excluding hydrogens is 154 g/mol. The molecule has 0 fully saturated rings. The van der Waals surface area contributed by atoms with E-state index in [2.05, 4.69) is 16.9 Å². The van der Waals surface area contributed by atoms with E-state index in [0.29, 0.717) is 0 Å². The van der Waals surface area contributed by atoms with E-state index in [1.165, 1.54) is 0 Å². The van der Waals surface area contributed by atoms with Crippen LogP contribution in [0, 0.1) is 0 Å². The molecule has 0 aromatic rings. The fourth-order valence-electron chi connectivity index (χ4n) is 0. The summed E-state index contributed by atoms with van der Waals surface area (Å²) in [5, 5.41) is 7.19. The predicted octanol–water partition coefficient (Wildman–Crippen LogP) is -0.492. The highest BCUT2D eigenvalue weighted by Crippen LogP contribution is 1.34. The van der Waals surface area contributed by atoms with Gasteiger partial charge in [-0.1, -0.05) is 9.64 Å². The minimum Gasteiger partial charge on any atom is -0.465 e. The van der Waals surface area contributed by atoms with Crippen LogP contribution in [0.5, 0.6) is 0 Å². The van der Waals surface area contributed by atoms with Gasteiger partial charge in [-0.2, -0.15) is 0 Å². The van der Waals surface area contributed by atoms with Crippen LogP contribution in [0.25, 0.3) is 0 Å². The van der Waals surface area contributed by atoms with Crippen molar-refractivity contribution in [3.63, 3.8) is 0 Å². The molecule has 0 atom stereocenters. The second kappa shape index (κ2) is 6.60. The van der Waals surface area contributed by atoms with Crippen LogP contribution in [-0.2, 0) is 25.0 Å². The average molecular weight is 158 g/mol. The Hall–Kier alpha value is -0.400. The maximum Gasteiger partial charge on any atom is 0.402 e. The Bertz CT molecular complexity index is 116. The molecule has 0 aliphatic heterocycles. The maximum absolute atomic E-state index is 8.93. The fourth-order valence-corrected chi connectivity index (χ4v) is 0. The summed E-state index contributed by atoms with van der Waals surface area (Å²) in [7, 11) is -2.03. The summed E-state index contributed by atoms with van der Waals surface area (Å²) in [6.45, 7) is 0. The van der Waals surface area contributed by atoms with Gasteiger partial charge in [0.2, 0.25) is 0 Å². The van der Waals surface area contributed by atoms with Crippen molar-refractivity contribution in [3.8, 4) is 0 Å². The van der Waals surface area contributed by atoms with Gasteiger partial charge in [-0.25, -0.2) is 16.0 Å². The van der Waals surface area contributed by atoms with Crippen LogP contribution in [0.1, 0.15) is 0 Å². The number of primary amides is 1. The minimum atomic E-state index is -2.03. The van der Waals surface area contributed by atoms with Gasteiger partial charge in [0.05, 0.1) is 0 Å². The Balaban J connectivity index is 0. The first-order valence-electron chi connectivity index (χ1n) is 1.23. The highest BCUT2D eigenvalue weighted by atomic mass is 32.8. The van der Waals surface area contributed by atoms with E-state index in [0.717, 1.165) is 0 Å². The van der Waals surface area contributed by atoms with Crippen molar-refractivity contribution in [2.75, 3.05) is 0 Å². The molecule has 0 spiro atoms. The summed E-state index contributed by atoms with van der Waals surface area (Å²) in [6, 6.07) is 0. The van der Waals surface area contributed by atoms with E-state index in [1.54, 1.807) is 0 Å². The topological polar surface area (TPSA) is 101 Å². The van der Waals surface area contributed by atoms with Crippen LogP contribution in [0.3, 0.4) is 0 Å². The molecule has 0 aliphatic carbocycles. The molecule has 4 N–H and O–H groups in total. The molecule has 0 saturated carbocycles. The zero-order chi connectivity index (χ0) is 7.15. The van der Waals surface area contributed by atoms with Crippen LogP contribution in [0.15, 0.2) is 0 Å². The Labute approximate surface area is 52.0 Å². The number of amides is 1. The monoisotopic (exact) mass is 158 g/mol. The highest BCUT2D eigenvalue weighted by molar-refractivity contribution is 8.18. The van der Waals surface area contributed by atoms with E-state index in [4.69, 9.17) is 18.7 Å². The average Bonchev–Trinajstić information content (AvgIpc) is 1.25. The van der Waals surface area contributed by atoms with Crippen LogP contribution in [-0.4, -0.2) is 15.8 Å². The third-order valence-corrected chi connectivity index (χ3v) is 0. The normalized spacial score (nSPS) is 7.25. The van der Waals surface area contributed by atoms with E-state index in [-0.39, 0.29) is 0 Å². The molecule has 0 aliphatic rings. The second-order valence-corrected chi connectivity index (χ2v) is 1.85. The summed E-state index contributed by atoms with van der Waals surface area (Å²) in [4.78, 5) is 8.78. The SMILES string of the molecule is NC(=O)O.O=[S-](O)=S. The number of carboxylic acid groups (broad SMARTS) is 1. The van der Waals surface area contributed by atoms with Gasteiger partial charge in [-0.05, 0) is 0 Å². The van der Waals surface area contributed by atoms with Gasteiger partial charge in [0.25, 0.3) is 0 Å². The zero-order valence-electron chi connectivity index (χ0n) is 3.60. The standard InChI is InChI=1S/CH3NO2.HO2S2/c2-1(3)4;1-4(2)3/h2H2,(H,3,4);(H,1,2,3)/q;-1. The Morgan fingerprint density at radius 3 is 1.75 bits per heavy atom. The van der Waals surface area contributed by atoms with Gasteiger partial charge in [0.1, 0.15) is 0 Å². The molecule has 5 nitrogen and oxygen atoms in total. The van der Waals surface area contributed by atoms with Gasteiger partial charge >= 0.3 is 6.09 Å². The lowest BCUT2D eigenvalue weighted by Gasteiger charge is -1.66. The van der Waals surface area contributed by atoms with E-state index < -0.39 is 15.7 Å². The quantitative estimate of drug-likeness (QED) is 0.326. The number of nitrogens with two attached hydrogens (primary N) is 1. The third-order valence-electron chi connectivity index (χ3n) is 0. The first-order chi connectivity index (χ1) is 3.46. The number of hydrogen-bond donors (Lipinski definition) is 3. The molecule has 0 unspecified atom stereocenters. The van der Waals surface area contributed by atoms with Crippen LogP contribution < -0.4 is 5.73 Å². The predicted molar refractivity (Wildman–Crippen MR) is 30.3 cm³/mol. The van der Waals surface area contributed by atoms with Gasteiger partial charge in [0.15, 0.2) is 0 Å². The Morgan fingerprint density at radius 1 is 1.75 bits per heavy atom. The Kier molecular flexibility index (Phi) is 8.71. The van der Waals surface area contributed by atoms with Gasteiger partial charge in [0, 0.05) is 0 Å². The maximum atomic E-state index is 8.93. The molecule has 0 rings (SSSR count). The molecule has 8 heavy (non-hydrogen) atoms. The molecule has 0 saturated heterocycles. The molecule has 0 aromatic heterocycles. The third kappa shape index (κ3) is 741. The summed E-state index contributed by atoms with van der Waals surface area (Å²) >= 11 is 3.65. The first-order valence-corrected chi connectivity index (χ1v) is 3.26. The molecule has 1 amide bonds. The summed E-state index contributed by atoms with van der Waals surface area (Å²) in [6.07, 6.45) is -1.33. The zero-order valence-corrected chi connectivity index (χ0v) is 5.24. The number of hydrogen-bond acceptors (Lipinski definition) is 4. The largest absolute Gasteiger partial charge is 0.465 e. The summed E-state index contributed by atoms with van der Waals surface area (Å²) in [5.74, 6) is 0. The van der Waals surface area contributed by atoms with E-state index in [9.17, 15) is 0 Å². The van der Waals surface area contributed by atoms with Crippen molar-refractivity contribution in [1.82, 2.24) is 0 Å².